The number of carbonyl (C=O) groups excluding carboxylic acids is 1. The largest absolute Gasteiger partial charge is 0.352 e. The van der Waals surface area contributed by atoms with Gasteiger partial charge in [0.25, 0.3) is 21.6 Å². The number of nitrogens with zero attached hydrogens (tertiary/aromatic N) is 2. The topological polar surface area (TPSA) is 122 Å². The van der Waals surface area contributed by atoms with Gasteiger partial charge >= 0.3 is 0 Å². The quantitative estimate of drug-likeness (QED) is 0.336. The average molecular weight is 461 g/mol. The van der Waals surface area contributed by atoms with E-state index in [0.717, 1.165) is 32.1 Å². The molecule has 9 nitrogen and oxygen atoms in total. The van der Waals surface area contributed by atoms with Gasteiger partial charge in [-0.25, -0.2) is 8.42 Å². The molecule has 0 radical (unpaired) electrons. The minimum absolute atomic E-state index is 0.115. The Morgan fingerprint density at radius 1 is 1.03 bits per heavy atom. The highest BCUT2D eigenvalue weighted by atomic mass is 32.2. The number of non-ortho nitro benzene ring substituents is 1. The van der Waals surface area contributed by atoms with Crippen LogP contribution >= 0.6 is 0 Å². The first kappa shape index (κ1) is 23.7. The number of para-hydroxylation sites is 1. The molecule has 1 heterocycles. The summed E-state index contributed by atoms with van der Waals surface area (Å²) in [5.41, 5.74) is -0.0244. The van der Waals surface area contributed by atoms with Crippen molar-refractivity contribution in [2.45, 2.75) is 37.0 Å². The third-order valence-corrected chi connectivity index (χ3v) is 6.75. The molecule has 3 rings (SSSR count). The number of likely N-dealkylation sites (tertiary alicyclic amines) is 1. The zero-order chi connectivity index (χ0) is 23.0. The fraction of sp³-hybridized carbons (Fsp3) is 0.409. The van der Waals surface area contributed by atoms with Gasteiger partial charge in [0.15, 0.2) is 0 Å². The smallest absolute Gasteiger partial charge is 0.270 e. The molecular formula is C22H28N4O5S. The van der Waals surface area contributed by atoms with Crippen molar-refractivity contribution in [3.05, 3.63) is 64.2 Å². The molecule has 0 aromatic heterocycles. The summed E-state index contributed by atoms with van der Waals surface area (Å²) in [6.45, 7) is 3.59. The third kappa shape index (κ3) is 6.51. The fourth-order valence-corrected chi connectivity index (χ4v) is 4.82. The molecule has 1 saturated heterocycles. The maximum atomic E-state index is 12.7. The molecule has 0 spiro atoms. The predicted octanol–water partition coefficient (Wildman–Crippen LogP) is 3.39. The van der Waals surface area contributed by atoms with Crippen LogP contribution in [0.3, 0.4) is 0 Å². The normalized spacial score (nSPS) is 15.0. The molecular weight excluding hydrogens is 432 g/mol. The standard InChI is InChI=1S/C22H28N4O5S/c27-22(23-13-8-16-25-14-5-1-2-6-15-25)20-11-3-4-12-21(20)24-32(30,31)19-10-7-9-18(17-19)26(28)29/h3-4,7,9-12,17,24H,1-2,5-6,8,13-16H2,(H,23,27). The Kier molecular flexibility index (Phi) is 8.18. The molecule has 0 saturated carbocycles. The lowest BCUT2D eigenvalue weighted by atomic mass is 10.1. The number of hydrogen-bond donors (Lipinski definition) is 2. The Balaban J connectivity index is 1.62. The Morgan fingerprint density at radius 2 is 1.75 bits per heavy atom. The van der Waals surface area contributed by atoms with Crippen molar-refractivity contribution in [2.24, 2.45) is 0 Å². The molecule has 172 valence electrons. The van der Waals surface area contributed by atoms with E-state index in [0.29, 0.717) is 6.54 Å². The molecule has 1 aliphatic heterocycles. The molecule has 0 bridgehead atoms. The summed E-state index contributed by atoms with van der Waals surface area (Å²) in [4.78, 5) is 25.2. The highest BCUT2D eigenvalue weighted by molar-refractivity contribution is 7.92. The number of anilines is 1. The van der Waals surface area contributed by atoms with Gasteiger partial charge in [0.05, 0.1) is 21.1 Å². The van der Waals surface area contributed by atoms with Crippen molar-refractivity contribution < 1.29 is 18.1 Å². The van der Waals surface area contributed by atoms with E-state index in [1.54, 1.807) is 12.1 Å². The van der Waals surface area contributed by atoms with Crippen LogP contribution in [0.4, 0.5) is 11.4 Å². The number of carbonyl (C=O) groups is 1. The van der Waals surface area contributed by atoms with Gasteiger partial charge in [0.2, 0.25) is 0 Å². The zero-order valence-electron chi connectivity index (χ0n) is 17.8. The molecule has 1 fully saturated rings. The lowest BCUT2D eigenvalue weighted by Gasteiger charge is -2.19. The first-order chi connectivity index (χ1) is 15.4. The third-order valence-electron chi connectivity index (χ3n) is 5.39. The molecule has 0 atom stereocenters. The van der Waals surface area contributed by atoms with Gasteiger partial charge < -0.3 is 10.2 Å². The number of benzene rings is 2. The van der Waals surface area contributed by atoms with Crippen LogP contribution in [0.2, 0.25) is 0 Å². The van der Waals surface area contributed by atoms with Crippen LogP contribution in [0.15, 0.2) is 53.4 Å². The molecule has 0 aliphatic carbocycles. The Bertz CT molecular complexity index is 1050. The maximum Gasteiger partial charge on any atom is 0.270 e. The van der Waals surface area contributed by atoms with Gasteiger partial charge in [0.1, 0.15) is 0 Å². The van der Waals surface area contributed by atoms with E-state index in [1.807, 2.05) is 0 Å². The monoisotopic (exact) mass is 460 g/mol. The zero-order valence-corrected chi connectivity index (χ0v) is 18.6. The molecule has 10 heteroatoms. The van der Waals surface area contributed by atoms with Crippen LogP contribution in [0.25, 0.3) is 0 Å². The van der Waals surface area contributed by atoms with Gasteiger partial charge in [0, 0.05) is 18.7 Å². The van der Waals surface area contributed by atoms with Crippen molar-refractivity contribution in [3.8, 4) is 0 Å². The van der Waals surface area contributed by atoms with E-state index < -0.39 is 14.9 Å². The lowest BCUT2D eigenvalue weighted by Crippen LogP contribution is -2.31. The van der Waals surface area contributed by atoms with Crippen LogP contribution in [0.5, 0.6) is 0 Å². The van der Waals surface area contributed by atoms with Gasteiger partial charge in [-0.2, -0.15) is 0 Å². The number of nitrogens with one attached hydrogen (secondary N) is 2. The highest BCUT2D eigenvalue weighted by Crippen LogP contribution is 2.23. The predicted molar refractivity (Wildman–Crippen MR) is 122 cm³/mol. The Hall–Kier alpha value is -2.98. The molecule has 1 amide bonds. The van der Waals surface area contributed by atoms with E-state index in [9.17, 15) is 23.3 Å². The average Bonchev–Trinajstić information content (AvgIpc) is 3.05. The second-order valence-electron chi connectivity index (χ2n) is 7.77. The Labute approximate surface area is 188 Å². The second-order valence-corrected chi connectivity index (χ2v) is 9.45. The van der Waals surface area contributed by atoms with Crippen LogP contribution in [0.1, 0.15) is 42.5 Å². The van der Waals surface area contributed by atoms with Crippen molar-refractivity contribution >= 4 is 27.3 Å². The number of nitro benzene ring substituents is 1. The summed E-state index contributed by atoms with van der Waals surface area (Å²) in [6.07, 6.45) is 5.79. The lowest BCUT2D eigenvalue weighted by molar-refractivity contribution is -0.385. The van der Waals surface area contributed by atoms with Crippen molar-refractivity contribution in [1.82, 2.24) is 10.2 Å². The van der Waals surface area contributed by atoms with E-state index in [-0.39, 0.29) is 27.7 Å². The van der Waals surface area contributed by atoms with E-state index in [1.165, 1.54) is 56.0 Å². The fourth-order valence-electron chi connectivity index (χ4n) is 3.70. The number of nitro groups is 1. The molecule has 2 N–H and O–H groups in total. The van der Waals surface area contributed by atoms with Crippen LogP contribution in [-0.4, -0.2) is 50.3 Å². The van der Waals surface area contributed by atoms with Crippen molar-refractivity contribution in [1.29, 1.82) is 0 Å². The first-order valence-corrected chi connectivity index (χ1v) is 12.2. The highest BCUT2D eigenvalue weighted by Gasteiger charge is 2.20. The summed E-state index contributed by atoms with van der Waals surface area (Å²) < 4.78 is 27.9. The molecule has 32 heavy (non-hydrogen) atoms. The van der Waals surface area contributed by atoms with Crippen LogP contribution in [0, 0.1) is 10.1 Å². The summed E-state index contributed by atoms with van der Waals surface area (Å²) in [5, 5.41) is 13.8. The number of hydrogen-bond acceptors (Lipinski definition) is 6. The molecule has 1 aliphatic rings. The number of amides is 1. The van der Waals surface area contributed by atoms with Crippen LogP contribution < -0.4 is 10.0 Å². The second kappa shape index (κ2) is 11.1. The summed E-state index contributed by atoms with van der Waals surface area (Å²) >= 11 is 0. The van der Waals surface area contributed by atoms with Gasteiger partial charge in [-0.15, -0.1) is 0 Å². The number of sulfonamides is 1. The van der Waals surface area contributed by atoms with Crippen LogP contribution in [-0.2, 0) is 10.0 Å². The SMILES string of the molecule is O=C(NCCCN1CCCCCC1)c1ccccc1NS(=O)(=O)c1cccc([N+](=O)[O-])c1. The maximum absolute atomic E-state index is 12.7. The van der Waals surface area contributed by atoms with E-state index >= 15 is 0 Å². The summed E-state index contributed by atoms with van der Waals surface area (Å²) in [6, 6.07) is 11.0. The van der Waals surface area contributed by atoms with Gasteiger partial charge in [-0.3, -0.25) is 19.6 Å². The molecule has 0 unspecified atom stereocenters. The molecule has 2 aromatic rings. The Morgan fingerprint density at radius 3 is 2.47 bits per heavy atom. The summed E-state index contributed by atoms with van der Waals surface area (Å²) in [7, 11) is -4.11. The summed E-state index contributed by atoms with van der Waals surface area (Å²) in [5.74, 6) is -0.377. The number of rotatable bonds is 9. The van der Waals surface area contributed by atoms with E-state index in [4.69, 9.17) is 0 Å². The van der Waals surface area contributed by atoms with Gasteiger partial charge in [-0.05, 0) is 57.1 Å². The minimum Gasteiger partial charge on any atom is -0.352 e. The van der Waals surface area contributed by atoms with Crippen molar-refractivity contribution in [3.63, 3.8) is 0 Å². The van der Waals surface area contributed by atoms with Crippen molar-refractivity contribution in [2.75, 3.05) is 30.9 Å². The minimum atomic E-state index is -4.11. The van der Waals surface area contributed by atoms with E-state index in [2.05, 4.69) is 14.9 Å². The van der Waals surface area contributed by atoms with Gasteiger partial charge in [-0.1, -0.05) is 31.0 Å². The first-order valence-electron chi connectivity index (χ1n) is 10.7. The molecule has 2 aromatic carbocycles.